The zero-order chi connectivity index (χ0) is 21.6. The molecule has 0 aliphatic heterocycles. The molecule has 1 fully saturated rings. The summed E-state index contributed by atoms with van der Waals surface area (Å²) in [6, 6.07) is 20.7. The number of carbonyl (C=O) groups excluding carboxylic acids is 1. The minimum Gasteiger partial charge on any atom is -0.293 e. The normalized spacial score (nSPS) is 14.7. The van der Waals surface area contributed by atoms with Crippen LogP contribution in [0.4, 0.5) is 0 Å². The minimum absolute atomic E-state index is 0.115. The second-order valence-corrected chi connectivity index (χ2v) is 9.70. The van der Waals surface area contributed by atoms with Crippen LogP contribution in [0.5, 0.6) is 0 Å². The van der Waals surface area contributed by atoms with Crippen molar-refractivity contribution in [1.82, 2.24) is 10.2 Å². The molecule has 0 N–H and O–H groups in total. The molecule has 0 unspecified atom stereocenters. The highest BCUT2D eigenvalue weighted by Crippen LogP contribution is 2.33. The van der Waals surface area contributed by atoms with Gasteiger partial charge in [0.05, 0.1) is 11.4 Å². The van der Waals surface area contributed by atoms with Crippen molar-refractivity contribution in [2.45, 2.75) is 62.8 Å². The minimum atomic E-state index is 0.115. The van der Waals surface area contributed by atoms with Gasteiger partial charge in [0.25, 0.3) is 0 Å². The Labute approximate surface area is 189 Å². The highest BCUT2D eigenvalue weighted by Gasteiger charge is 2.15. The van der Waals surface area contributed by atoms with Crippen molar-refractivity contribution in [3.8, 4) is 11.3 Å². The molecule has 4 rings (SSSR count). The quantitative estimate of drug-likeness (QED) is 0.291. The third-order valence-electron chi connectivity index (χ3n) is 6.17. The fraction of sp³-hybridized carbons (Fsp3) is 0.370. The van der Waals surface area contributed by atoms with Gasteiger partial charge in [0, 0.05) is 11.1 Å². The van der Waals surface area contributed by atoms with Crippen molar-refractivity contribution in [3.63, 3.8) is 0 Å². The topological polar surface area (TPSA) is 42.9 Å². The van der Waals surface area contributed by atoms with Crippen LogP contribution >= 0.6 is 11.8 Å². The third kappa shape index (κ3) is 5.62. The molecule has 3 nitrogen and oxygen atoms in total. The lowest BCUT2D eigenvalue weighted by molar-refractivity contribution is 0.102. The monoisotopic (exact) mass is 430 g/mol. The van der Waals surface area contributed by atoms with E-state index in [0.29, 0.717) is 17.6 Å². The van der Waals surface area contributed by atoms with Crippen LogP contribution in [0.2, 0.25) is 0 Å². The van der Waals surface area contributed by atoms with Crippen LogP contribution in [0.3, 0.4) is 0 Å². The van der Waals surface area contributed by atoms with E-state index in [-0.39, 0.29) is 5.78 Å². The second-order valence-electron chi connectivity index (χ2n) is 8.70. The van der Waals surface area contributed by atoms with Crippen molar-refractivity contribution >= 4 is 17.5 Å². The van der Waals surface area contributed by atoms with Gasteiger partial charge in [-0.15, -0.1) is 10.2 Å². The number of hydrogen-bond acceptors (Lipinski definition) is 4. The van der Waals surface area contributed by atoms with Gasteiger partial charge in [-0.1, -0.05) is 93.4 Å². The molecular formula is C27H30N2OS. The third-order valence-corrected chi connectivity index (χ3v) is 7.09. The van der Waals surface area contributed by atoms with E-state index in [1.54, 1.807) is 0 Å². The number of nitrogens with zero attached hydrogens (tertiary/aromatic N) is 2. The summed E-state index contributed by atoms with van der Waals surface area (Å²) in [6.07, 6.45) is 6.70. The number of carbonyl (C=O) groups is 1. The number of benzene rings is 2. The maximum Gasteiger partial charge on any atom is 0.173 e. The molecular weight excluding hydrogens is 400 g/mol. The highest BCUT2D eigenvalue weighted by atomic mass is 32.2. The van der Waals surface area contributed by atoms with Crippen LogP contribution in [0.15, 0.2) is 65.7 Å². The number of Topliss-reactive ketones (excluding diaryl/α,β-unsaturated/α-hetero) is 1. The lowest BCUT2D eigenvalue weighted by Gasteiger charge is -2.22. The first-order valence-corrected chi connectivity index (χ1v) is 12.3. The van der Waals surface area contributed by atoms with E-state index < -0.39 is 0 Å². The number of hydrogen-bond donors (Lipinski definition) is 0. The average Bonchev–Trinajstić information content (AvgIpc) is 2.83. The van der Waals surface area contributed by atoms with Gasteiger partial charge in [0.15, 0.2) is 5.78 Å². The predicted molar refractivity (Wildman–Crippen MR) is 129 cm³/mol. The number of rotatable bonds is 7. The van der Waals surface area contributed by atoms with E-state index in [4.69, 9.17) is 0 Å². The summed E-state index contributed by atoms with van der Waals surface area (Å²) in [4.78, 5) is 12.5. The summed E-state index contributed by atoms with van der Waals surface area (Å²) in [5.74, 6) is 1.66. The summed E-state index contributed by atoms with van der Waals surface area (Å²) < 4.78 is 0. The van der Waals surface area contributed by atoms with E-state index in [9.17, 15) is 4.79 Å². The average molecular weight is 431 g/mol. The lowest BCUT2D eigenvalue weighted by Crippen LogP contribution is -2.04. The van der Waals surface area contributed by atoms with Crippen molar-refractivity contribution in [2.75, 3.05) is 5.75 Å². The van der Waals surface area contributed by atoms with Gasteiger partial charge < -0.3 is 0 Å². The van der Waals surface area contributed by atoms with Crippen LogP contribution in [-0.4, -0.2) is 21.7 Å². The van der Waals surface area contributed by atoms with E-state index in [0.717, 1.165) is 21.8 Å². The van der Waals surface area contributed by atoms with Crippen LogP contribution in [0.25, 0.3) is 11.3 Å². The van der Waals surface area contributed by atoms with Crippen LogP contribution in [-0.2, 0) is 0 Å². The summed E-state index contributed by atoms with van der Waals surface area (Å²) >= 11 is 1.44. The Balaban J connectivity index is 1.34. The van der Waals surface area contributed by atoms with E-state index in [2.05, 4.69) is 48.3 Å². The number of ketones is 1. The standard InChI is InChI=1S/C27H30N2OS/c1-19(2)20-8-14-24(15-9-20)26(30)18-31-27-17-16-25(28-29-27)23-12-10-22(11-13-23)21-6-4-3-5-7-21/h8-17,19,21H,3-7,18H2,1-2H3. The van der Waals surface area contributed by atoms with Gasteiger partial charge in [0.2, 0.25) is 0 Å². The molecule has 0 bridgehead atoms. The molecule has 0 radical (unpaired) electrons. The van der Waals surface area contributed by atoms with Crippen LogP contribution < -0.4 is 0 Å². The lowest BCUT2D eigenvalue weighted by atomic mass is 9.84. The Morgan fingerprint density at radius 2 is 1.61 bits per heavy atom. The predicted octanol–water partition coefficient (Wildman–Crippen LogP) is 7.29. The van der Waals surface area contributed by atoms with Crippen molar-refractivity contribution in [3.05, 3.63) is 77.4 Å². The zero-order valence-electron chi connectivity index (χ0n) is 18.4. The molecule has 160 valence electrons. The van der Waals surface area contributed by atoms with Gasteiger partial charge in [-0.2, -0.15) is 0 Å². The Morgan fingerprint density at radius 3 is 2.23 bits per heavy atom. The SMILES string of the molecule is CC(C)c1ccc(C(=O)CSc2ccc(-c3ccc(C4CCCCC4)cc3)nn2)cc1. The molecule has 1 aromatic heterocycles. The number of thioether (sulfide) groups is 1. The van der Waals surface area contributed by atoms with Gasteiger partial charge in [-0.25, -0.2) is 0 Å². The fourth-order valence-corrected chi connectivity index (χ4v) is 4.90. The Kier molecular flexibility index (Phi) is 7.18. The molecule has 0 amide bonds. The molecule has 1 aliphatic carbocycles. The van der Waals surface area contributed by atoms with Gasteiger partial charge in [-0.05, 0) is 47.9 Å². The van der Waals surface area contributed by atoms with Gasteiger partial charge in [-0.3, -0.25) is 4.79 Å². The Morgan fingerprint density at radius 1 is 0.903 bits per heavy atom. The fourth-order valence-electron chi connectivity index (χ4n) is 4.19. The Hall–Kier alpha value is -2.46. The number of aromatic nitrogens is 2. The van der Waals surface area contributed by atoms with Gasteiger partial charge in [0.1, 0.15) is 5.03 Å². The molecule has 2 aromatic carbocycles. The van der Waals surface area contributed by atoms with Crippen LogP contribution in [0.1, 0.15) is 79.3 Å². The Bertz CT molecular complexity index is 989. The van der Waals surface area contributed by atoms with Crippen molar-refractivity contribution in [2.24, 2.45) is 0 Å². The molecule has 0 atom stereocenters. The molecule has 0 spiro atoms. The zero-order valence-corrected chi connectivity index (χ0v) is 19.2. The smallest absolute Gasteiger partial charge is 0.173 e. The largest absolute Gasteiger partial charge is 0.293 e. The van der Waals surface area contributed by atoms with Crippen molar-refractivity contribution < 1.29 is 4.79 Å². The van der Waals surface area contributed by atoms with Crippen LogP contribution in [0, 0.1) is 0 Å². The molecule has 4 heteroatoms. The molecule has 1 saturated carbocycles. The molecule has 1 heterocycles. The molecule has 0 saturated heterocycles. The van der Waals surface area contributed by atoms with Crippen molar-refractivity contribution in [1.29, 1.82) is 0 Å². The maximum absolute atomic E-state index is 12.5. The first-order valence-electron chi connectivity index (χ1n) is 11.3. The summed E-state index contributed by atoms with van der Waals surface area (Å²) in [5, 5.41) is 9.49. The van der Waals surface area contributed by atoms with Gasteiger partial charge >= 0.3 is 0 Å². The van der Waals surface area contributed by atoms with E-state index in [1.165, 1.54) is 55.0 Å². The molecule has 3 aromatic rings. The van der Waals surface area contributed by atoms with E-state index >= 15 is 0 Å². The first-order chi connectivity index (χ1) is 15.1. The maximum atomic E-state index is 12.5. The highest BCUT2D eigenvalue weighted by molar-refractivity contribution is 7.99. The molecule has 31 heavy (non-hydrogen) atoms. The second kappa shape index (κ2) is 10.2. The summed E-state index contributed by atoms with van der Waals surface area (Å²) in [5.41, 5.74) is 5.40. The van der Waals surface area contributed by atoms with E-state index in [1.807, 2.05) is 36.4 Å². The summed E-state index contributed by atoms with van der Waals surface area (Å²) in [6.45, 7) is 4.31. The summed E-state index contributed by atoms with van der Waals surface area (Å²) in [7, 11) is 0. The first kappa shape index (κ1) is 21.8. The molecule has 1 aliphatic rings.